The molecule has 126 valence electrons. The summed E-state index contributed by atoms with van der Waals surface area (Å²) in [5.41, 5.74) is 3.98. The number of para-hydroxylation sites is 1. The monoisotopic (exact) mass is 324 g/mol. The fourth-order valence-corrected chi connectivity index (χ4v) is 3.48. The smallest absolute Gasteiger partial charge is 0.319 e. The minimum Gasteiger partial charge on any atom is -0.383 e. The summed E-state index contributed by atoms with van der Waals surface area (Å²) >= 11 is 0. The van der Waals surface area contributed by atoms with E-state index in [0.29, 0.717) is 6.42 Å². The Morgan fingerprint density at radius 3 is 2.58 bits per heavy atom. The number of rotatable bonds is 3. The lowest BCUT2D eigenvalue weighted by molar-refractivity contribution is 0.0221. The molecule has 0 aliphatic heterocycles. The Labute approximate surface area is 142 Å². The Morgan fingerprint density at radius 1 is 1.12 bits per heavy atom. The molecule has 0 saturated carbocycles. The molecule has 2 aromatic rings. The average Bonchev–Trinajstić information content (AvgIpc) is 2.57. The van der Waals surface area contributed by atoms with Crippen molar-refractivity contribution in [1.82, 2.24) is 5.32 Å². The van der Waals surface area contributed by atoms with Crippen molar-refractivity contribution in [1.29, 1.82) is 0 Å². The van der Waals surface area contributed by atoms with Gasteiger partial charge in [-0.15, -0.1) is 0 Å². The first-order chi connectivity index (χ1) is 11.5. The number of aryl methyl sites for hydroxylation is 3. The lowest BCUT2D eigenvalue weighted by Gasteiger charge is -2.34. The largest absolute Gasteiger partial charge is 0.383 e. The van der Waals surface area contributed by atoms with E-state index in [1.54, 1.807) is 0 Å². The van der Waals surface area contributed by atoms with Gasteiger partial charge in [-0.1, -0.05) is 42.5 Å². The van der Waals surface area contributed by atoms with E-state index in [4.69, 9.17) is 0 Å². The predicted octanol–water partition coefficient (Wildman–Crippen LogP) is 3.65. The standard InChI is InChI=1S/C20H24N2O2/c1-14-7-5-8-15(2)18(14)22-19(23)21-13-20(24)12-6-10-16-9-3-4-11-17(16)20/h3-5,7-9,11,24H,6,10,12-13H2,1-2H3,(H2,21,22,23). The van der Waals surface area contributed by atoms with Gasteiger partial charge in [-0.25, -0.2) is 4.79 Å². The molecule has 4 nitrogen and oxygen atoms in total. The van der Waals surface area contributed by atoms with E-state index in [2.05, 4.69) is 16.7 Å². The molecule has 0 fully saturated rings. The van der Waals surface area contributed by atoms with Crippen molar-refractivity contribution in [2.24, 2.45) is 0 Å². The molecule has 2 amide bonds. The summed E-state index contributed by atoms with van der Waals surface area (Å²) < 4.78 is 0. The van der Waals surface area contributed by atoms with Crippen molar-refractivity contribution in [2.75, 3.05) is 11.9 Å². The predicted molar refractivity (Wildman–Crippen MR) is 96.2 cm³/mol. The van der Waals surface area contributed by atoms with Crippen molar-refractivity contribution >= 4 is 11.7 Å². The summed E-state index contributed by atoms with van der Waals surface area (Å²) in [6, 6.07) is 13.5. The van der Waals surface area contributed by atoms with Gasteiger partial charge in [0.2, 0.25) is 0 Å². The second-order valence-electron chi connectivity index (χ2n) is 6.62. The van der Waals surface area contributed by atoms with Gasteiger partial charge in [-0.2, -0.15) is 0 Å². The lowest BCUT2D eigenvalue weighted by atomic mass is 9.79. The number of amides is 2. The third-order valence-electron chi connectivity index (χ3n) is 4.82. The number of hydrogen-bond donors (Lipinski definition) is 3. The second kappa shape index (κ2) is 6.65. The molecule has 0 spiro atoms. The first-order valence-corrected chi connectivity index (χ1v) is 8.41. The van der Waals surface area contributed by atoms with Gasteiger partial charge in [-0.3, -0.25) is 0 Å². The van der Waals surface area contributed by atoms with Crippen LogP contribution < -0.4 is 10.6 Å². The molecular formula is C20H24N2O2. The van der Waals surface area contributed by atoms with Crippen molar-refractivity contribution < 1.29 is 9.90 Å². The molecular weight excluding hydrogens is 300 g/mol. The summed E-state index contributed by atoms with van der Waals surface area (Å²) in [5, 5.41) is 16.7. The molecule has 1 atom stereocenters. The normalized spacial score (nSPS) is 19.5. The van der Waals surface area contributed by atoms with Crippen molar-refractivity contribution in [2.45, 2.75) is 38.7 Å². The van der Waals surface area contributed by atoms with Gasteiger partial charge >= 0.3 is 6.03 Å². The van der Waals surface area contributed by atoms with Crippen LogP contribution >= 0.6 is 0 Å². The van der Waals surface area contributed by atoms with Gasteiger partial charge in [0, 0.05) is 5.69 Å². The van der Waals surface area contributed by atoms with Crippen LogP contribution in [0.3, 0.4) is 0 Å². The molecule has 0 bridgehead atoms. The number of aliphatic hydroxyl groups is 1. The summed E-state index contributed by atoms with van der Waals surface area (Å²) in [5.74, 6) is 0. The molecule has 0 radical (unpaired) electrons. The average molecular weight is 324 g/mol. The molecule has 3 N–H and O–H groups in total. The van der Waals surface area contributed by atoms with Crippen LogP contribution in [0.4, 0.5) is 10.5 Å². The number of carbonyl (C=O) groups is 1. The lowest BCUT2D eigenvalue weighted by Crippen LogP contribution is -2.44. The maximum Gasteiger partial charge on any atom is 0.319 e. The summed E-state index contributed by atoms with van der Waals surface area (Å²) in [4.78, 5) is 12.3. The minimum atomic E-state index is -0.993. The zero-order chi connectivity index (χ0) is 17.2. The number of anilines is 1. The number of hydrogen-bond acceptors (Lipinski definition) is 2. The van der Waals surface area contributed by atoms with Gasteiger partial charge in [0.15, 0.2) is 0 Å². The van der Waals surface area contributed by atoms with Gasteiger partial charge in [0.05, 0.1) is 6.54 Å². The summed E-state index contributed by atoms with van der Waals surface area (Å²) in [7, 11) is 0. The molecule has 1 unspecified atom stereocenters. The van der Waals surface area contributed by atoms with Gasteiger partial charge in [-0.05, 0) is 55.4 Å². The minimum absolute atomic E-state index is 0.209. The highest BCUT2D eigenvalue weighted by Gasteiger charge is 2.34. The van der Waals surface area contributed by atoms with Crippen molar-refractivity contribution in [3.05, 3.63) is 64.7 Å². The Balaban J connectivity index is 1.69. The zero-order valence-electron chi connectivity index (χ0n) is 14.2. The van der Waals surface area contributed by atoms with Crippen LogP contribution in [0.1, 0.15) is 35.1 Å². The molecule has 0 heterocycles. The zero-order valence-corrected chi connectivity index (χ0v) is 14.2. The third-order valence-corrected chi connectivity index (χ3v) is 4.82. The second-order valence-corrected chi connectivity index (χ2v) is 6.62. The highest BCUT2D eigenvalue weighted by atomic mass is 16.3. The van der Waals surface area contributed by atoms with Crippen LogP contribution in [0, 0.1) is 13.8 Å². The summed E-state index contributed by atoms with van der Waals surface area (Å²) in [6.45, 7) is 4.14. The van der Waals surface area contributed by atoms with Crippen LogP contribution in [0.5, 0.6) is 0 Å². The molecule has 3 rings (SSSR count). The van der Waals surface area contributed by atoms with E-state index in [-0.39, 0.29) is 12.6 Å². The third kappa shape index (κ3) is 3.29. The first-order valence-electron chi connectivity index (χ1n) is 8.41. The van der Waals surface area contributed by atoms with Crippen LogP contribution in [0.2, 0.25) is 0 Å². The van der Waals surface area contributed by atoms with Crippen molar-refractivity contribution in [3.8, 4) is 0 Å². The van der Waals surface area contributed by atoms with Gasteiger partial charge < -0.3 is 15.7 Å². The molecule has 24 heavy (non-hydrogen) atoms. The maximum absolute atomic E-state index is 12.3. The number of benzene rings is 2. The Hall–Kier alpha value is -2.33. The fraction of sp³-hybridized carbons (Fsp3) is 0.350. The summed E-state index contributed by atoms with van der Waals surface area (Å²) in [6.07, 6.45) is 2.56. The van der Waals surface area contributed by atoms with Crippen LogP contribution in [0.15, 0.2) is 42.5 Å². The van der Waals surface area contributed by atoms with E-state index >= 15 is 0 Å². The molecule has 1 aliphatic carbocycles. The number of fused-ring (bicyclic) bond motifs is 1. The van der Waals surface area contributed by atoms with Crippen LogP contribution in [-0.4, -0.2) is 17.7 Å². The Kier molecular flexibility index (Phi) is 4.58. The van der Waals surface area contributed by atoms with E-state index in [9.17, 15) is 9.90 Å². The molecule has 0 saturated heterocycles. The van der Waals surface area contributed by atoms with Gasteiger partial charge in [0.1, 0.15) is 5.60 Å². The van der Waals surface area contributed by atoms with E-state index in [0.717, 1.165) is 35.2 Å². The highest BCUT2D eigenvalue weighted by molar-refractivity contribution is 5.91. The van der Waals surface area contributed by atoms with E-state index in [1.165, 1.54) is 5.56 Å². The van der Waals surface area contributed by atoms with E-state index < -0.39 is 5.60 Å². The van der Waals surface area contributed by atoms with E-state index in [1.807, 2.05) is 50.2 Å². The molecule has 2 aromatic carbocycles. The Morgan fingerprint density at radius 2 is 1.83 bits per heavy atom. The molecule has 0 aromatic heterocycles. The molecule has 4 heteroatoms. The quantitative estimate of drug-likeness (QED) is 0.807. The highest BCUT2D eigenvalue weighted by Crippen LogP contribution is 2.34. The number of carbonyl (C=O) groups excluding carboxylic acids is 1. The topological polar surface area (TPSA) is 61.4 Å². The van der Waals surface area contributed by atoms with Crippen LogP contribution in [-0.2, 0) is 12.0 Å². The maximum atomic E-state index is 12.3. The van der Waals surface area contributed by atoms with Crippen molar-refractivity contribution in [3.63, 3.8) is 0 Å². The number of urea groups is 1. The SMILES string of the molecule is Cc1cccc(C)c1NC(=O)NCC1(O)CCCc2ccccc21. The number of nitrogens with one attached hydrogen (secondary N) is 2. The first kappa shape index (κ1) is 16.5. The molecule has 1 aliphatic rings. The van der Waals surface area contributed by atoms with Crippen LogP contribution in [0.25, 0.3) is 0 Å². The van der Waals surface area contributed by atoms with Gasteiger partial charge in [0.25, 0.3) is 0 Å². The Bertz CT molecular complexity index is 737. The fourth-order valence-electron chi connectivity index (χ4n) is 3.48.